The number of aryl methyl sites for hydroxylation is 2. The molecule has 6 rings (SSSR count). The monoisotopic (exact) mass is 566 g/mol. The van der Waals surface area contributed by atoms with Crippen LogP contribution >= 0.6 is 0 Å². The second kappa shape index (κ2) is 12.3. The maximum absolute atomic E-state index is 13.9. The molecule has 4 heterocycles. The Morgan fingerprint density at radius 1 is 0.786 bits per heavy atom. The number of amides is 1. The van der Waals surface area contributed by atoms with Crippen molar-refractivity contribution in [3.8, 4) is 5.69 Å². The molecular formula is C33H38N6O3. The van der Waals surface area contributed by atoms with Crippen LogP contribution in [-0.4, -0.2) is 75.6 Å². The van der Waals surface area contributed by atoms with Gasteiger partial charge in [0.2, 0.25) is 0 Å². The zero-order chi connectivity index (χ0) is 29.1. The molecule has 2 aliphatic rings. The highest BCUT2D eigenvalue weighted by atomic mass is 16.2. The quantitative estimate of drug-likeness (QED) is 0.303. The molecule has 2 aliphatic heterocycles. The molecule has 9 heteroatoms. The minimum absolute atomic E-state index is 0.167. The van der Waals surface area contributed by atoms with Gasteiger partial charge in [-0.05, 0) is 69.5 Å². The van der Waals surface area contributed by atoms with Gasteiger partial charge in [0.1, 0.15) is 0 Å². The number of anilines is 1. The van der Waals surface area contributed by atoms with Crippen LogP contribution in [0.1, 0.15) is 41.7 Å². The highest BCUT2D eigenvalue weighted by Crippen LogP contribution is 2.21. The number of carbonyl (C=O) groups excluding carboxylic acids is 1. The second-order valence-electron chi connectivity index (χ2n) is 11.3. The largest absolute Gasteiger partial charge is 0.369 e. The number of fused-ring (bicyclic) bond motifs is 1. The summed E-state index contributed by atoms with van der Waals surface area (Å²) in [6, 6.07) is 21.2. The molecule has 9 nitrogen and oxygen atoms in total. The van der Waals surface area contributed by atoms with Crippen LogP contribution in [0.15, 0.2) is 76.3 Å². The predicted molar refractivity (Wildman–Crippen MR) is 166 cm³/mol. The van der Waals surface area contributed by atoms with Gasteiger partial charge < -0.3 is 9.80 Å². The maximum Gasteiger partial charge on any atom is 0.337 e. The number of rotatable bonds is 8. The first-order valence-electron chi connectivity index (χ1n) is 15.1. The lowest BCUT2D eigenvalue weighted by Crippen LogP contribution is -2.46. The van der Waals surface area contributed by atoms with Crippen molar-refractivity contribution in [2.24, 2.45) is 0 Å². The van der Waals surface area contributed by atoms with Crippen LogP contribution in [0.2, 0.25) is 0 Å². The van der Waals surface area contributed by atoms with E-state index in [0.717, 1.165) is 58.4 Å². The number of hydrogen-bond donors (Lipinski definition) is 0. The number of aromatic nitrogens is 3. The molecule has 0 radical (unpaired) electrons. The van der Waals surface area contributed by atoms with E-state index in [1.54, 1.807) is 39.8 Å². The summed E-state index contributed by atoms with van der Waals surface area (Å²) in [6.45, 7) is 8.51. The summed E-state index contributed by atoms with van der Waals surface area (Å²) in [5, 5.41) is 0.220. The minimum Gasteiger partial charge on any atom is -0.369 e. The Morgan fingerprint density at radius 3 is 2.07 bits per heavy atom. The van der Waals surface area contributed by atoms with Gasteiger partial charge in [0, 0.05) is 57.2 Å². The summed E-state index contributed by atoms with van der Waals surface area (Å²) >= 11 is 0. The van der Waals surface area contributed by atoms with Crippen LogP contribution in [0.3, 0.4) is 0 Å². The van der Waals surface area contributed by atoms with E-state index in [2.05, 4.69) is 39.0 Å². The first kappa shape index (κ1) is 27.9. The first-order chi connectivity index (χ1) is 20.5. The van der Waals surface area contributed by atoms with Crippen LogP contribution < -0.4 is 16.1 Å². The zero-order valence-corrected chi connectivity index (χ0v) is 24.2. The van der Waals surface area contributed by atoms with Crippen molar-refractivity contribution in [2.75, 3.05) is 50.7 Å². The number of unbranched alkanes of at least 4 members (excludes halogenated alkanes) is 1. The molecule has 2 aromatic carbocycles. The Labute approximate surface area is 245 Å². The van der Waals surface area contributed by atoms with Gasteiger partial charge >= 0.3 is 5.69 Å². The highest BCUT2D eigenvalue weighted by Gasteiger charge is 2.26. The van der Waals surface area contributed by atoms with E-state index >= 15 is 0 Å². The van der Waals surface area contributed by atoms with E-state index < -0.39 is 11.2 Å². The molecule has 218 valence electrons. The molecule has 2 aromatic heterocycles. The van der Waals surface area contributed by atoms with E-state index in [1.807, 2.05) is 19.1 Å². The van der Waals surface area contributed by atoms with Crippen LogP contribution in [0.25, 0.3) is 16.7 Å². The second-order valence-corrected chi connectivity index (χ2v) is 11.3. The van der Waals surface area contributed by atoms with Gasteiger partial charge in [0.15, 0.2) is 5.65 Å². The molecule has 4 aromatic rings. The molecule has 0 aliphatic carbocycles. The number of hydrogen-bond acceptors (Lipinski definition) is 6. The molecule has 42 heavy (non-hydrogen) atoms. The molecule has 0 saturated carbocycles. The van der Waals surface area contributed by atoms with Gasteiger partial charge in [-0.3, -0.25) is 19.1 Å². The lowest BCUT2D eigenvalue weighted by Gasteiger charge is -2.36. The Hall–Kier alpha value is -4.24. The maximum atomic E-state index is 13.9. The third kappa shape index (κ3) is 5.61. The van der Waals surface area contributed by atoms with Crippen molar-refractivity contribution in [1.29, 1.82) is 0 Å². The molecular weight excluding hydrogens is 528 g/mol. The van der Waals surface area contributed by atoms with E-state index in [1.165, 1.54) is 10.3 Å². The summed E-state index contributed by atoms with van der Waals surface area (Å²) in [5.74, 6) is -0.167. The van der Waals surface area contributed by atoms with Gasteiger partial charge in [-0.2, -0.15) is 0 Å². The average molecular weight is 567 g/mol. The van der Waals surface area contributed by atoms with Gasteiger partial charge in [-0.15, -0.1) is 0 Å². The van der Waals surface area contributed by atoms with Gasteiger partial charge in [-0.1, -0.05) is 36.4 Å². The fourth-order valence-corrected chi connectivity index (χ4v) is 6.21. The fraction of sp³-hybridized carbons (Fsp3) is 0.394. The third-order valence-electron chi connectivity index (χ3n) is 8.46. The number of pyridine rings is 1. The summed E-state index contributed by atoms with van der Waals surface area (Å²) < 4.78 is 2.80. The van der Waals surface area contributed by atoms with Crippen molar-refractivity contribution in [3.63, 3.8) is 0 Å². The summed E-state index contributed by atoms with van der Waals surface area (Å²) in [4.78, 5) is 52.8. The predicted octanol–water partition coefficient (Wildman–Crippen LogP) is 3.69. The number of piperazine rings is 1. The van der Waals surface area contributed by atoms with Crippen molar-refractivity contribution in [3.05, 3.63) is 98.8 Å². The number of carbonyl (C=O) groups is 1. The van der Waals surface area contributed by atoms with Crippen LogP contribution in [0, 0.1) is 6.92 Å². The lowest BCUT2D eigenvalue weighted by atomic mass is 10.1. The molecule has 0 bridgehead atoms. The van der Waals surface area contributed by atoms with Crippen LogP contribution in [-0.2, 0) is 6.54 Å². The molecule has 0 unspecified atom stereocenters. The van der Waals surface area contributed by atoms with E-state index in [9.17, 15) is 14.4 Å². The van der Waals surface area contributed by atoms with Crippen molar-refractivity contribution >= 4 is 22.6 Å². The number of nitrogens with zero attached hydrogens (tertiary/aromatic N) is 6. The Morgan fingerprint density at radius 2 is 1.40 bits per heavy atom. The van der Waals surface area contributed by atoms with Crippen molar-refractivity contribution in [2.45, 2.75) is 39.2 Å². The third-order valence-corrected chi connectivity index (χ3v) is 8.46. The highest BCUT2D eigenvalue weighted by molar-refractivity contribution is 6.05. The molecule has 1 amide bonds. The average Bonchev–Trinajstić information content (AvgIpc) is 3.56. The van der Waals surface area contributed by atoms with Gasteiger partial charge in [-0.25, -0.2) is 14.3 Å². The van der Waals surface area contributed by atoms with Gasteiger partial charge in [0.05, 0.1) is 16.6 Å². The number of para-hydroxylation sites is 2. The smallest absolute Gasteiger partial charge is 0.337 e. The van der Waals surface area contributed by atoms with E-state index in [0.29, 0.717) is 42.2 Å². The summed E-state index contributed by atoms with van der Waals surface area (Å²) in [6.07, 6.45) is 3.57. The molecule has 2 fully saturated rings. The zero-order valence-electron chi connectivity index (χ0n) is 24.2. The van der Waals surface area contributed by atoms with Crippen molar-refractivity contribution in [1.82, 2.24) is 23.9 Å². The summed E-state index contributed by atoms with van der Waals surface area (Å²) in [5.41, 5.74) is 2.08. The Kier molecular flexibility index (Phi) is 8.19. The Balaban J connectivity index is 1.26. The normalized spacial score (nSPS) is 15.9. The number of benzene rings is 2. The van der Waals surface area contributed by atoms with E-state index in [4.69, 9.17) is 0 Å². The summed E-state index contributed by atoms with van der Waals surface area (Å²) in [7, 11) is 0. The van der Waals surface area contributed by atoms with Crippen LogP contribution in [0.5, 0.6) is 0 Å². The van der Waals surface area contributed by atoms with E-state index in [-0.39, 0.29) is 11.3 Å². The fourth-order valence-electron chi connectivity index (χ4n) is 6.21. The van der Waals surface area contributed by atoms with Crippen LogP contribution in [0.4, 0.5) is 5.69 Å². The van der Waals surface area contributed by atoms with Gasteiger partial charge in [0.25, 0.3) is 11.5 Å². The molecule has 0 N–H and O–H groups in total. The standard InChI is InChI=1S/C33H38N6O3/c1-25-24-28(31(40)37-17-9-10-18-37)29-30(34-25)38(33(42)39(32(29)41)27-14-6-3-7-15-27)19-11-8-16-35-20-22-36(23-21-35)26-12-4-2-5-13-26/h2-7,12-15,24H,8-11,16-23H2,1H3. The molecule has 2 saturated heterocycles. The number of likely N-dealkylation sites (tertiary alicyclic amines) is 1. The topological polar surface area (TPSA) is 83.7 Å². The first-order valence-corrected chi connectivity index (χ1v) is 15.1. The molecule has 0 spiro atoms. The lowest BCUT2D eigenvalue weighted by molar-refractivity contribution is 0.0794. The Bertz CT molecular complexity index is 1670. The SMILES string of the molecule is Cc1cc(C(=O)N2CCCC2)c2c(=O)n(-c3ccccc3)c(=O)n(CCCCN3CCN(c4ccccc4)CC3)c2n1. The molecule has 0 atom stereocenters. The minimum atomic E-state index is -0.496. The van der Waals surface area contributed by atoms with Crippen molar-refractivity contribution < 1.29 is 4.79 Å².